The molecule has 0 aromatic heterocycles. The largest absolute Gasteiger partial charge is 0.341 e. The van der Waals surface area contributed by atoms with Gasteiger partial charge in [-0.1, -0.05) is 18.2 Å². The third-order valence-electron chi connectivity index (χ3n) is 5.07. The summed E-state index contributed by atoms with van der Waals surface area (Å²) < 4.78 is 27.4. The van der Waals surface area contributed by atoms with Crippen LogP contribution < -0.4 is 14.9 Å². The van der Waals surface area contributed by atoms with Gasteiger partial charge in [0.25, 0.3) is 10.0 Å². The number of hydrogen-bond donors (Lipinski definition) is 2. The third kappa shape index (κ3) is 5.55. The third-order valence-corrected chi connectivity index (χ3v) is 6.99. The van der Waals surface area contributed by atoms with E-state index < -0.39 is 16.1 Å². The van der Waals surface area contributed by atoms with E-state index in [0.29, 0.717) is 30.9 Å². The summed E-state index contributed by atoms with van der Waals surface area (Å²) in [5, 5.41) is 5.50. The number of carbonyl (C=O) groups is 2. The number of likely N-dealkylation sites (tertiary alicyclic amines) is 1. The lowest BCUT2D eigenvalue weighted by atomic mass is 10.3. The zero-order chi connectivity index (χ0) is 22.4. The Morgan fingerprint density at radius 2 is 1.81 bits per heavy atom. The molecule has 1 atom stereocenters. The first-order valence-electron chi connectivity index (χ1n) is 10.3. The molecule has 1 aliphatic heterocycles. The van der Waals surface area contributed by atoms with Crippen molar-refractivity contribution in [1.82, 2.24) is 10.2 Å². The number of amides is 3. The molecule has 31 heavy (non-hydrogen) atoms. The van der Waals surface area contributed by atoms with E-state index in [4.69, 9.17) is 0 Å². The number of nitrogens with zero attached hydrogens (tertiary/aromatic N) is 2. The second kappa shape index (κ2) is 9.82. The number of hydrogen-bond acceptors (Lipinski definition) is 4. The van der Waals surface area contributed by atoms with Gasteiger partial charge in [-0.15, -0.1) is 0 Å². The fraction of sp³-hybridized carbons (Fsp3) is 0.364. The molecule has 1 unspecified atom stereocenters. The molecule has 0 spiro atoms. The smallest absolute Gasteiger partial charge is 0.319 e. The molecule has 1 fully saturated rings. The van der Waals surface area contributed by atoms with Crippen molar-refractivity contribution in [1.29, 1.82) is 0 Å². The summed E-state index contributed by atoms with van der Waals surface area (Å²) in [6.45, 7) is 5.10. The fourth-order valence-electron chi connectivity index (χ4n) is 3.59. The molecule has 8 nitrogen and oxygen atoms in total. The lowest BCUT2D eigenvalue weighted by Crippen LogP contribution is -2.44. The lowest BCUT2D eigenvalue weighted by molar-refractivity contribution is -0.127. The molecule has 0 aliphatic carbocycles. The first kappa shape index (κ1) is 22.6. The Morgan fingerprint density at radius 1 is 1.13 bits per heavy atom. The molecule has 1 saturated heterocycles. The van der Waals surface area contributed by atoms with Crippen LogP contribution in [0.3, 0.4) is 0 Å². The van der Waals surface area contributed by atoms with E-state index in [2.05, 4.69) is 10.6 Å². The number of anilines is 2. The van der Waals surface area contributed by atoms with Crippen molar-refractivity contribution in [2.24, 2.45) is 0 Å². The number of para-hydroxylation sites is 1. The minimum Gasteiger partial charge on any atom is -0.341 e. The Hall–Kier alpha value is -3.07. The second-order valence-corrected chi connectivity index (χ2v) is 9.33. The normalized spacial score (nSPS) is 14.9. The number of nitrogens with one attached hydrogen (secondary N) is 2. The van der Waals surface area contributed by atoms with Gasteiger partial charge in [0.2, 0.25) is 5.91 Å². The zero-order valence-corrected chi connectivity index (χ0v) is 18.6. The van der Waals surface area contributed by atoms with Gasteiger partial charge in [0, 0.05) is 37.8 Å². The quantitative estimate of drug-likeness (QED) is 0.654. The monoisotopic (exact) mass is 444 g/mol. The highest BCUT2D eigenvalue weighted by Gasteiger charge is 2.24. The summed E-state index contributed by atoms with van der Waals surface area (Å²) in [7, 11) is -3.72. The Bertz CT molecular complexity index is 1010. The van der Waals surface area contributed by atoms with Crippen LogP contribution in [0.25, 0.3) is 0 Å². The maximum atomic E-state index is 13.0. The SMILES string of the molecule is CCN(c1ccccc1)S(=O)(=O)c1ccc(NC(=O)NC(C)CN2CCCC2=O)cc1. The summed E-state index contributed by atoms with van der Waals surface area (Å²) in [6, 6.07) is 14.4. The van der Waals surface area contributed by atoms with Gasteiger partial charge in [-0.3, -0.25) is 9.10 Å². The van der Waals surface area contributed by atoms with Gasteiger partial charge in [-0.05, 0) is 56.7 Å². The van der Waals surface area contributed by atoms with E-state index in [1.54, 1.807) is 48.2 Å². The van der Waals surface area contributed by atoms with Crippen LogP contribution in [0.1, 0.15) is 26.7 Å². The molecule has 2 aromatic carbocycles. The van der Waals surface area contributed by atoms with Crippen LogP contribution in [0, 0.1) is 0 Å². The van der Waals surface area contributed by atoms with Crippen LogP contribution in [0.15, 0.2) is 59.5 Å². The first-order chi connectivity index (χ1) is 14.8. The molecule has 0 saturated carbocycles. The van der Waals surface area contributed by atoms with Crippen LogP contribution in [0.4, 0.5) is 16.2 Å². The lowest BCUT2D eigenvalue weighted by Gasteiger charge is -2.23. The summed E-state index contributed by atoms with van der Waals surface area (Å²) in [5.41, 5.74) is 1.07. The van der Waals surface area contributed by atoms with Gasteiger partial charge >= 0.3 is 6.03 Å². The fourth-order valence-corrected chi connectivity index (χ4v) is 5.06. The van der Waals surface area contributed by atoms with Gasteiger partial charge < -0.3 is 15.5 Å². The van der Waals surface area contributed by atoms with Crippen molar-refractivity contribution < 1.29 is 18.0 Å². The summed E-state index contributed by atoms with van der Waals surface area (Å²) in [6.07, 6.45) is 1.42. The zero-order valence-electron chi connectivity index (χ0n) is 17.7. The van der Waals surface area contributed by atoms with E-state index in [1.165, 1.54) is 16.4 Å². The highest BCUT2D eigenvalue weighted by atomic mass is 32.2. The minimum absolute atomic E-state index is 0.113. The van der Waals surface area contributed by atoms with Gasteiger partial charge in [0.1, 0.15) is 0 Å². The Kier molecular flexibility index (Phi) is 7.17. The van der Waals surface area contributed by atoms with Gasteiger partial charge in [-0.25, -0.2) is 13.2 Å². The predicted octanol–water partition coefficient (Wildman–Crippen LogP) is 3.03. The van der Waals surface area contributed by atoms with Crippen LogP contribution >= 0.6 is 0 Å². The van der Waals surface area contributed by atoms with Crippen molar-refractivity contribution in [3.8, 4) is 0 Å². The van der Waals surface area contributed by atoms with Crippen molar-refractivity contribution in [3.05, 3.63) is 54.6 Å². The Morgan fingerprint density at radius 3 is 2.39 bits per heavy atom. The topological polar surface area (TPSA) is 98.8 Å². The molecule has 0 bridgehead atoms. The van der Waals surface area contributed by atoms with Crippen molar-refractivity contribution in [2.75, 3.05) is 29.3 Å². The highest BCUT2D eigenvalue weighted by Crippen LogP contribution is 2.24. The molecule has 9 heteroatoms. The second-order valence-electron chi connectivity index (χ2n) is 7.47. The van der Waals surface area contributed by atoms with E-state index in [1.807, 2.05) is 13.0 Å². The van der Waals surface area contributed by atoms with Crippen LogP contribution in [-0.4, -0.2) is 50.9 Å². The average molecular weight is 445 g/mol. The molecule has 0 radical (unpaired) electrons. The van der Waals surface area contributed by atoms with Crippen LogP contribution in [0.2, 0.25) is 0 Å². The van der Waals surface area contributed by atoms with Crippen molar-refractivity contribution in [3.63, 3.8) is 0 Å². The highest BCUT2D eigenvalue weighted by molar-refractivity contribution is 7.92. The number of urea groups is 1. The van der Waals surface area contributed by atoms with E-state index in [-0.39, 0.29) is 16.8 Å². The summed E-state index contributed by atoms with van der Waals surface area (Å²) in [5.74, 6) is 0.113. The molecule has 2 N–H and O–H groups in total. The minimum atomic E-state index is -3.72. The maximum absolute atomic E-state index is 13.0. The summed E-state index contributed by atoms with van der Waals surface area (Å²) >= 11 is 0. The van der Waals surface area contributed by atoms with E-state index in [0.717, 1.165) is 13.0 Å². The number of benzene rings is 2. The van der Waals surface area contributed by atoms with Gasteiger partial charge in [0.05, 0.1) is 10.6 Å². The number of sulfonamides is 1. The van der Waals surface area contributed by atoms with Crippen LogP contribution in [0.5, 0.6) is 0 Å². The Labute approximate surface area is 183 Å². The molecule has 1 aliphatic rings. The number of carbonyl (C=O) groups excluding carboxylic acids is 2. The van der Waals surface area contributed by atoms with E-state index in [9.17, 15) is 18.0 Å². The van der Waals surface area contributed by atoms with Gasteiger partial charge in [-0.2, -0.15) is 0 Å². The van der Waals surface area contributed by atoms with E-state index >= 15 is 0 Å². The molecular formula is C22H28N4O4S. The molecule has 3 amide bonds. The Balaban J connectivity index is 1.61. The van der Waals surface area contributed by atoms with Gasteiger partial charge in [0.15, 0.2) is 0 Å². The molecular weight excluding hydrogens is 416 g/mol. The van der Waals surface area contributed by atoms with Crippen LogP contribution in [-0.2, 0) is 14.8 Å². The molecule has 166 valence electrons. The van der Waals surface area contributed by atoms with Crippen molar-refractivity contribution >= 4 is 33.3 Å². The first-order valence-corrected chi connectivity index (χ1v) is 11.8. The maximum Gasteiger partial charge on any atom is 0.319 e. The molecule has 2 aromatic rings. The predicted molar refractivity (Wildman–Crippen MR) is 121 cm³/mol. The number of rotatable bonds is 8. The standard InChI is InChI=1S/C22H28N4O4S/c1-3-26(19-8-5-4-6-9-19)31(29,30)20-13-11-18(12-14-20)24-22(28)23-17(2)16-25-15-7-10-21(25)27/h4-6,8-9,11-14,17H,3,7,10,15-16H2,1-2H3,(H2,23,24,28). The van der Waals surface area contributed by atoms with Crippen molar-refractivity contribution in [2.45, 2.75) is 37.6 Å². The average Bonchev–Trinajstić information content (AvgIpc) is 3.13. The molecule has 1 heterocycles. The molecule has 3 rings (SSSR count). The summed E-state index contributed by atoms with van der Waals surface area (Å²) in [4.78, 5) is 25.8.